The summed E-state index contributed by atoms with van der Waals surface area (Å²) in [7, 11) is 0. The van der Waals surface area contributed by atoms with E-state index >= 15 is 0 Å². The van der Waals surface area contributed by atoms with Crippen molar-refractivity contribution >= 4 is 24.0 Å². The molecule has 1 aliphatic rings. The Morgan fingerprint density at radius 2 is 2.00 bits per heavy atom. The molecule has 0 aliphatic heterocycles. The molecule has 15 heavy (non-hydrogen) atoms. The van der Waals surface area contributed by atoms with E-state index in [1.165, 1.54) is 30.4 Å². The molecule has 1 atom stereocenters. The Labute approximate surface area is 111 Å². The largest absolute Gasteiger partial charge is 0.325 e. The Balaban J connectivity index is 0.00000196. The van der Waals surface area contributed by atoms with Gasteiger partial charge in [0.25, 0.3) is 0 Å². The fraction of sp³-hybridized carbons (Fsp3) is 0.692. The van der Waals surface area contributed by atoms with Crippen molar-refractivity contribution in [2.45, 2.75) is 53.0 Å². The van der Waals surface area contributed by atoms with Gasteiger partial charge in [0.05, 0.1) is 0 Å². The predicted molar refractivity (Wildman–Crippen MR) is 78.5 cm³/mol. The molecule has 2 heteroatoms. The standard InChI is InChI=1S/C13H23N.HI/c1-10-6-5-9-13(3,4)12(10)8-7-11(2)14;/h7-8,11H,5-6,9,14H2,1-4H3;1H. The molecule has 1 rings (SSSR count). The van der Waals surface area contributed by atoms with Gasteiger partial charge in [-0.3, -0.25) is 0 Å². The lowest BCUT2D eigenvalue weighted by Gasteiger charge is -2.33. The molecule has 2 N–H and O–H groups in total. The zero-order chi connectivity index (χ0) is 10.8. The summed E-state index contributed by atoms with van der Waals surface area (Å²) in [6, 6.07) is 0.160. The van der Waals surface area contributed by atoms with Crippen LogP contribution in [-0.2, 0) is 0 Å². The smallest absolute Gasteiger partial charge is 0.0197 e. The molecule has 1 nitrogen and oxygen atoms in total. The molecule has 0 heterocycles. The molecular weight excluding hydrogens is 297 g/mol. The summed E-state index contributed by atoms with van der Waals surface area (Å²) >= 11 is 0. The molecule has 0 saturated carbocycles. The Morgan fingerprint density at radius 1 is 1.40 bits per heavy atom. The second-order valence-corrected chi connectivity index (χ2v) is 5.15. The average Bonchev–Trinajstić information content (AvgIpc) is 2.01. The molecule has 88 valence electrons. The van der Waals surface area contributed by atoms with E-state index in [1.54, 1.807) is 0 Å². The van der Waals surface area contributed by atoms with Crippen molar-refractivity contribution in [3.8, 4) is 0 Å². The van der Waals surface area contributed by atoms with E-state index in [4.69, 9.17) is 5.73 Å². The van der Waals surface area contributed by atoms with E-state index in [2.05, 4.69) is 32.9 Å². The van der Waals surface area contributed by atoms with Crippen molar-refractivity contribution in [2.24, 2.45) is 11.1 Å². The normalized spacial score (nSPS) is 22.7. The fourth-order valence-corrected chi connectivity index (χ4v) is 2.26. The highest BCUT2D eigenvalue weighted by Gasteiger charge is 2.26. The van der Waals surface area contributed by atoms with Crippen LogP contribution < -0.4 is 5.73 Å². The molecule has 0 amide bonds. The zero-order valence-corrected chi connectivity index (χ0v) is 12.7. The van der Waals surface area contributed by atoms with Gasteiger partial charge < -0.3 is 5.73 Å². The van der Waals surface area contributed by atoms with Crippen LogP contribution in [-0.4, -0.2) is 6.04 Å². The van der Waals surface area contributed by atoms with E-state index in [1.807, 2.05) is 6.92 Å². The van der Waals surface area contributed by atoms with Crippen molar-refractivity contribution in [2.75, 3.05) is 0 Å². The maximum absolute atomic E-state index is 5.73. The van der Waals surface area contributed by atoms with Gasteiger partial charge in [0.15, 0.2) is 0 Å². The van der Waals surface area contributed by atoms with E-state index in [-0.39, 0.29) is 30.0 Å². The van der Waals surface area contributed by atoms with Crippen LogP contribution in [0.3, 0.4) is 0 Å². The second-order valence-electron chi connectivity index (χ2n) is 5.15. The summed E-state index contributed by atoms with van der Waals surface area (Å²) in [5, 5.41) is 0. The van der Waals surface area contributed by atoms with Gasteiger partial charge in [0.2, 0.25) is 0 Å². The van der Waals surface area contributed by atoms with Crippen molar-refractivity contribution in [1.82, 2.24) is 0 Å². The molecule has 0 saturated heterocycles. The molecule has 0 radical (unpaired) electrons. The minimum Gasteiger partial charge on any atom is -0.325 e. The predicted octanol–water partition coefficient (Wildman–Crippen LogP) is 4.03. The summed E-state index contributed by atoms with van der Waals surface area (Å²) in [6.07, 6.45) is 8.21. The maximum Gasteiger partial charge on any atom is 0.0197 e. The summed E-state index contributed by atoms with van der Waals surface area (Å²) in [5.41, 5.74) is 9.12. The molecule has 0 aromatic heterocycles. The Morgan fingerprint density at radius 3 is 2.47 bits per heavy atom. The summed E-state index contributed by atoms with van der Waals surface area (Å²) in [6.45, 7) is 8.93. The zero-order valence-electron chi connectivity index (χ0n) is 10.3. The third-order valence-corrected chi connectivity index (χ3v) is 3.11. The molecule has 1 unspecified atom stereocenters. The van der Waals surface area contributed by atoms with E-state index < -0.39 is 0 Å². The van der Waals surface area contributed by atoms with Gasteiger partial charge in [-0.25, -0.2) is 0 Å². The molecule has 0 aromatic carbocycles. The molecule has 0 spiro atoms. The van der Waals surface area contributed by atoms with Gasteiger partial charge in [-0.1, -0.05) is 31.6 Å². The lowest BCUT2D eigenvalue weighted by molar-refractivity contribution is 0.376. The Hall–Kier alpha value is 0.170. The van der Waals surface area contributed by atoms with Crippen molar-refractivity contribution in [3.63, 3.8) is 0 Å². The lowest BCUT2D eigenvalue weighted by atomic mass is 9.72. The fourth-order valence-electron chi connectivity index (χ4n) is 2.26. The molecule has 0 aromatic rings. The molecule has 0 bridgehead atoms. The molecule has 1 aliphatic carbocycles. The highest BCUT2D eigenvalue weighted by Crippen LogP contribution is 2.40. The monoisotopic (exact) mass is 321 g/mol. The van der Waals surface area contributed by atoms with Crippen LogP contribution in [0.4, 0.5) is 0 Å². The van der Waals surface area contributed by atoms with Crippen LogP contribution >= 0.6 is 24.0 Å². The quantitative estimate of drug-likeness (QED) is 0.764. The van der Waals surface area contributed by atoms with E-state index in [0.717, 1.165) is 0 Å². The van der Waals surface area contributed by atoms with Crippen LogP contribution in [0.2, 0.25) is 0 Å². The first-order chi connectivity index (χ1) is 6.43. The number of rotatable bonds is 2. The van der Waals surface area contributed by atoms with Crippen LogP contribution in [0.25, 0.3) is 0 Å². The lowest BCUT2D eigenvalue weighted by Crippen LogP contribution is -2.20. The number of nitrogens with two attached hydrogens (primary N) is 1. The van der Waals surface area contributed by atoms with E-state index in [9.17, 15) is 0 Å². The SMILES string of the molecule is CC1=C(C=CC(C)N)C(C)(C)CCC1.I. The van der Waals surface area contributed by atoms with Gasteiger partial charge in [-0.05, 0) is 44.1 Å². The van der Waals surface area contributed by atoms with Gasteiger partial charge in [-0.2, -0.15) is 0 Å². The highest BCUT2D eigenvalue weighted by molar-refractivity contribution is 14.0. The van der Waals surface area contributed by atoms with Crippen LogP contribution in [0.15, 0.2) is 23.3 Å². The van der Waals surface area contributed by atoms with Crippen LogP contribution in [0.5, 0.6) is 0 Å². The van der Waals surface area contributed by atoms with Gasteiger partial charge >= 0.3 is 0 Å². The van der Waals surface area contributed by atoms with Crippen molar-refractivity contribution in [1.29, 1.82) is 0 Å². The van der Waals surface area contributed by atoms with E-state index in [0.29, 0.717) is 5.41 Å². The second kappa shape index (κ2) is 6.04. The highest BCUT2D eigenvalue weighted by atomic mass is 127. The van der Waals surface area contributed by atoms with Crippen LogP contribution in [0, 0.1) is 5.41 Å². The van der Waals surface area contributed by atoms with Crippen LogP contribution in [0.1, 0.15) is 47.0 Å². The topological polar surface area (TPSA) is 26.0 Å². The average molecular weight is 321 g/mol. The minimum atomic E-state index is 0. The molecular formula is C13H24IN. The van der Waals surface area contributed by atoms with Crippen molar-refractivity contribution < 1.29 is 0 Å². The van der Waals surface area contributed by atoms with Gasteiger partial charge in [0, 0.05) is 6.04 Å². The minimum absolute atomic E-state index is 0. The Bertz CT molecular complexity index is 262. The first kappa shape index (κ1) is 15.2. The first-order valence-corrected chi connectivity index (χ1v) is 5.57. The maximum atomic E-state index is 5.73. The number of hydrogen-bond acceptors (Lipinski definition) is 1. The summed E-state index contributed by atoms with van der Waals surface area (Å²) in [4.78, 5) is 0. The number of hydrogen-bond donors (Lipinski definition) is 1. The molecule has 0 fully saturated rings. The third-order valence-electron chi connectivity index (χ3n) is 3.11. The summed E-state index contributed by atoms with van der Waals surface area (Å²) < 4.78 is 0. The van der Waals surface area contributed by atoms with Crippen molar-refractivity contribution in [3.05, 3.63) is 23.3 Å². The first-order valence-electron chi connectivity index (χ1n) is 5.57. The summed E-state index contributed by atoms with van der Waals surface area (Å²) in [5.74, 6) is 0. The van der Waals surface area contributed by atoms with Gasteiger partial charge in [0.1, 0.15) is 0 Å². The number of halogens is 1. The Kier molecular flexibility index (Phi) is 6.11. The number of allylic oxidation sites excluding steroid dienone is 3. The van der Waals surface area contributed by atoms with Gasteiger partial charge in [-0.15, -0.1) is 24.0 Å². The third kappa shape index (κ3) is 4.27.